The van der Waals surface area contributed by atoms with Crippen molar-refractivity contribution in [1.82, 2.24) is 24.8 Å². The zero-order valence-electron chi connectivity index (χ0n) is 24.9. The molecule has 0 aliphatic carbocycles. The smallest absolute Gasteiger partial charge is 0.256 e. The van der Waals surface area contributed by atoms with Gasteiger partial charge in [0, 0.05) is 31.5 Å². The van der Waals surface area contributed by atoms with Crippen molar-refractivity contribution in [2.75, 3.05) is 49.8 Å². The van der Waals surface area contributed by atoms with E-state index in [4.69, 9.17) is 4.74 Å². The average Bonchev–Trinajstić information content (AvgIpc) is 3.52. The summed E-state index contributed by atoms with van der Waals surface area (Å²) in [6.45, 7) is 4.29. The van der Waals surface area contributed by atoms with Crippen LogP contribution in [0.3, 0.4) is 0 Å². The molecule has 0 unspecified atom stereocenters. The third kappa shape index (κ3) is 5.93. The first kappa shape index (κ1) is 29.7. The lowest BCUT2D eigenvalue weighted by Gasteiger charge is -2.21. The number of methoxy groups -OCH3 is 1. The summed E-state index contributed by atoms with van der Waals surface area (Å²) >= 11 is 0. The molecule has 1 aliphatic rings. The van der Waals surface area contributed by atoms with E-state index in [1.165, 1.54) is 6.07 Å². The van der Waals surface area contributed by atoms with Crippen LogP contribution in [0.4, 0.5) is 37.6 Å². The highest BCUT2D eigenvalue weighted by Gasteiger charge is 2.27. The number of hydrogen-bond acceptors (Lipinski definition) is 8. The summed E-state index contributed by atoms with van der Waals surface area (Å²) < 4.78 is 36.6. The van der Waals surface area contributed by atoms with Crippen LogP contribution in [-0.4, -0.2) is 71.6 Å². The van der Waals surface area contributed by atoms with Crippen LogP contribution in [0.1, 0.15) is 29.8 Å². The Kier molecular flexibility index (Phi) is 8.18. The Balaban J connectivity index is 1.55. The third-order valence-corrected chi connectivity index (χ3v) is 7.01. The number of carbonyl (C=O) groups excluding carboxylic acids is 2. The molecule has 1 aliphatic heterocycles. The molecule has 0 saturated heterocycles. The maximum atomic E-state index is 14.9. The third-order valence-electron chi connectivity index (χ3n) is 7.01. The molecule has 11 nitrogen and oxygen atoms in total. The molecule has 0 saturated carbocycles. The fourth-order valence-electron chi connectivity index (χ4n) is 5.04. The Hall–Kier alpha value is -4.78. The van der Waals surface area contributed by atoms with E-state index >= 15 is 0 Å². The quantitative estimate of drug-likeness (QED) is 0.263. The molecule has 43 heavy (non-hydrogen) atoms. The zero-order chi connectivity index (χ0) is 31.0. The van der Waals surface area contributed by atoms with Gasteiger partial charge < -0.3 is 35.1 Å². The van der Waals surface area contributed by atoms with Crippen molar-refractivity contribution < 1.29 is 23.1 Å². The highest BCUT2D eigenvalue weighted by atomic mass is 19.2. The van der Waals surface area contributed by atoms with Crippen molar-refractivity contribution >= 4 is 51.7 Å². The Bertz CT molecular complexity index is 1720. The predicted molar refractivity (Wildman–Crippen MR) is 162 cm³/mol. The summed E-state index contributed by atoms with van der Waals surface area (Å²) in [5.74, 6) is -2.21. The van der Waals surface area contributed by atoms with Crippen molar-refractivity contribution in [3.8, 4) is 5.75 Å². The van der Waals surface area contributed by atoms with E-state index in [2.05, 4.69) is 25.9 Å². The summed E-state index contributed by atoms with van der Waals surface area (Å²) in [4.78, 5) is 38.7. The molecule has 0 bridgehead atoms. The molecule has 2 aromatic heterocycles. The number of hydrogen-bond donors (Lipinski definition) is 3. The van der Waals surface area contributed by atoms with E-state index in [-0.39, 0.29) is 35.9 Å². The van der Waals surface area contributed by atoms with E-state index in [0.29, 0.717) is 35.4 Å². The highest BCUT2D eigenvalue weighted by Crippen LogP contribution is 2.39. The molecule has 0 atom stereocenters. The average molecular weight is 593 g/mol. The molecule has 0 fully saturated rings. The van der Waals surface area contributed by atoms with Gasteiger partial charge >= 0.3 is 0 Å². The second-order valence-electron chi connectivity index (χ2n) is 10.9. The van der Waals surface area contributed by atoms with E-state index in [0.717, 1.165) is 17.3 Å². The number of rotatable bonds is 9. The van der Waals surface area contributed by atoms with E-state index in [1.807, 2.05) is 38.2 Å². The van der Waals surface area contributed by atoms with Gasteiger partial charge in [-0.3, -0.25) is 9.59 Å². The molecule has 0 radical (unpaired) electrons. The molecule has 4 aromatic rings. The monoisotopic (exact) mass is 592 g/mol. The van der Waals surface area contributed by atoms with Crippen LogP contribution in [0.5, 0.6) is 5.75 Å². The minimum Gasteiger partial charge on any atom is -0.495 e. The van der Waals surface area contributed by atoms with Gasteiger partial charge in [-0.25, -0.2) is 8.78 Å². The van der Waals surface area contributed by atoms with Gasteiger partial charge in [0.05, 0.1) is 30.4 Å². The molecule has 2 aromatic carbocycles. The van der Waals surface area contributed by atoms with Crippen LogP contribution >= 0.6 is 0 Å². The van der Waals surface area contributed by atoms with Crippen LogP contribution in [0.15, 0.2) is 36.5 Å². The molecular formula is C30H34F2N8O3. The first-order valence-electron chi connectivity index (χ1n) is 13.8. The van der Waals surface area contributed by atoms with Gasteiger partial charge in [-0.1, -0.05) is 0 Å². The maximum Gasteiger partial charge on any atom is 0.256 e. The van der Waals surface area contributed by atoms with Crippen LogP contribution in [0.2, 0.25) is 0 Å². The van der Waals surface area contributed by atoms with E-state index in [9.17, 15) is 18.4 Å². The second kappa shape index (κ2) is 11.8. The fraction of sp³-hybridized carbons (Fsp3) is 0.333. The normalized spacial score (nSPS) is 12.7. The van der Waals surface area contributed by atoms with Gasteiger partial charge in [0.1, 0.15) is 22.8 Å². The molecule has 226 valence electrons. The number of nitrogens with zero attached hydrogens (tertiary/aromatic N) is 5. The summed E-state index contributed by atoms with van der Waals surface area (Å²) in [7, 11) is 7.06. The Labute approximate surface area is 247 Å². The molecule has 3 N–H and O–H groups in total. The second-order valence-corrected chi connectivity index (χ2v) is 10.9. The SMILES string of the molecule is COc1cc2c(cc1Nc1nc(Nc3ccc(F)c(F)c3C(=O)NC(C)C)c3ccn(C)c3n1)N(C(=O)CN(C)C)CC2. The number of likely N-dealkylation sites (N-methyl/N-ethyl adjacent to an activating group) is 1. The van der Waals surface area contributed by atoms with Crippen LogP contribution in [0.25, 0.3) is 11.0 Å². The largest absolute Gasteiger partial charge is 0.495 e. The minimum atomic E-state index is -1.27. The first-order valence-corrected chi connectivity index (χ1v) is 13.8. The Morgan fingerprint density at radius 3 is 2.56 bits per heavy atom. The number of ether oxygens (including phenoxy) is 1. The Morgan fingerprint density at radius 2 is 1.86 bits per heavy atom. The number of benzene rings is 2. The molecule has 3 heterocycles. The molecule has 5 rings (SSSR count). The van der Waals surface area contributed by atoms with E-state index < -0.39 is 23.1 Å². The van der Waals surface area contributed by atoms with Gasteiger partial charge in [-0.2, -0.15) is 9.97 Å². The topological polar surface area (TPSA) is 117 Å². The predicted octanol–water partition coefficient (Wildman–Crippen LogP) is 4.33. The summed E-state index contributed by atoms with van der Waals surface area (Å²) in [6.07, 6.45) is 2.49. The number of aromatic nitrogens is 3. The standard InChI is InChI=1S/C30H34F2N8O3/c1-16(2)33-29(42)25-20(8-7-19(31)26(25)32)34-27-18-10-11-39(5)28(18)37-30(36-27)35-21-14-22-17(13-23(21)43-6)9-12-40(22)24(41)15-38(3)4/h7-8,10-11,13-14,16H,9,12,15H2,1-6H3,(H,33,42)(H2,34,35,36,37). The maximum absolute atomic E-state index is 14.9. The minimum absolute atomic E-state index is 0.0170. The first-order chi connectivity index (χ1) is 20.5. The molecular weight excluding hydrogens is 558 g/mol. The lowest BCUT2D eigenvalue weighted by molar-refractivity contribution is -0.119. The van der Waals surface area contributed by atoms with Crippen LogP contribution in [-0.2, 0) is 18.3 Å². The van der Waals surface area contributed by atoms with Crippen LogP contribution < -0.4 is 25.6 Å². The number of nitrogens with one attached hydrogen (secondary N) is 3. The van der Waals surface area contributed by atoms with Gasteiger partial charge in [-0.15, -0.1) is 0 Å². The summed E-state index contributed by atoms with van der Waals surface area (Å²) in [5.41, 5.74) is 2.41. The lowest BCUT2D eigenvalue weighted by Crippen LogP contribution is -2.36. The van der Waals surface area contributed by atoms with Crippen molar-refractivity contribution in [3.63, 3.8) is 0 Å². The molecule has 13 heteroatoms. The Morgan fingerprint density at radius 1 is 1.09 bits per heavy atom. The molecule has 0 spiro atoms. The highest BCUT2D eigenvalue weighted by molar-refractivity contribution is 6.02. The fourth-order valence-corrected chi connectivity index (χ4v) is 5.04. The number of anilines is 5. The lowest BCUT2D eigenvalue weighted by atomic mass is 10.1. The molecule has 2 amide bonds. The van der Waals surface area contributed by atoms with Gasteiger partial charge in [-0.05, 0) is 70.3 Å². The number of fused-ring (bicyclic) bond motifs is 2. The van der Waals surface area contributed by atoms with E-state index in [1.54, 1.807) is 42.7 Å². The van der Waals surface area contributed by atoms with Crippen molar-refractivity contribution in [3.05, 3.63) is 59.3 Å². The van der Waals surface area contributed by atoms with Crippen molar-refractivity contribution in [1.29, 1.82) is 0 Å². The van der Waals surface area contributed by atoms with Gasteiger partial charge in [0.15, 0.2) is 11.6 Å². The number of amides is 2. The summed E-state index contributed by atoms with van der Waals surface area (Å²) in [6, 6.07) is 7.45. The van der Waals surface area contributed by atoms with Gasteiger partial charge in [0.25, 0.3) is 5.91 Å². The summed E-state index contributed by atoms with van der Waals surface area (Å²) in [5, 5.41) is 9.44. The zero-order valence-corrected chi connectivity index (χ0v) is 24.9. The number of aryl methyl sites for hydroxylation is 1. The number of halogens is 2. The van der Waals surface area contributed by atoms with Crippen molar-refractivity contribution in [2.45, 2.75) is 26.3 Å². The van der Waals surface area contributed by atoms with Crippen LogP contribution in [0, 0.1) is 11.6 Å². The number of carbonyl (C=O) groups is 2. The van der Waals surface area contributed by atoms with Crippen molar-refractivity contribution in [2.24, 2.45) is 7.05 Å². The van der Waals surface area contributed by atoms with Gasteiger partial charge in [0.2, 0.25) is 11.9 Å².